The predicted molar refractivity (Wildman–Crippen MR) is 137 cm³/mol. The van der Waals surface area contributed by atoms with Crippen molar-refractivity contribution in [3.05, 3.63) is 83.1 Å². The molecule has 0 amide bonds. The number of benzene rings is 2. The van der Waals surface area contributed by atoms with Crippen LogP contribution < -0.4 is 15.2 Å². The summed E-state index contributed by atoms with van der Waals surface area (Å²) in [6.07, 6.45) is 8.44. The van der Waals surface area contributed by atoms with E-state index in [4.69, 9.17) is 20.3 Å². The topological polar surface area (TPSA) is 88.1 Å². The molecular weight excluding hydrogens is 458 g/mol. The van der Waals surface area contributed by atoms with Crippen LogP contribution in [0, 0.1) is 0 Å². The first kappa shape index (κ1) is 21.6. The minimum Gasteiger partial charge on any atom is -0.488 e. The molecule has 8 heteroatoms. The molecule has 2 aromatic carbocycles. The first-order valence-corrected chi connectivity index (χ1v) is 12.6. The molecule has 1 aliphatic rings. The minimum absolute atomic E-state index is 0.480. The van der Waals surface area contributed by atoms with Crippen molar-refractivity contribution in [2.75, 3.05) is 5.73 Å². The van der Waals surface area contributed by atoms with E-state index in [1.807, 2.05) is 65.5 Å². The van der Waals surface area contributed by atoms with E-state index in [0.29, 0.717) is 24.1 Å². The van der Waals surface area contributed by atoms with Crippen molar-refractivity contribution in [3.8, 4) is 22.9 Å². The summed E-state index contributed by atoms with van der Waals surface area (Å²) in [6, 6.07) is 17.5. The lowest BCUT2D eigenvalue weighted by Gasteiger charge is -2.10. The predicted octanol–water partition coefficient (Wildman–Crippen LogP) is 6.49. The molecule has 1 aliphatic carbocycles. The van der Waals surface area contributed by atoms with Crippen LogP contribution in [0.1, 0.15) is 42.2 Å². The van der Waals surface area contributed by atoms with Gasteiger partial charge in [-0.25, -0.2) is 9.67 Å². The zero-order valence-corrected chi connectivity index (χ0v) is 19.9. The van der Waals surface area contributed by atoms with Gasteiger partial charge < -0.3 is 15.2 Å². The third kappa shape index (κ3) is 4.44. The van der Waals surface area contributed by atoms with E-state index >= 15 is 0 Å². The summed E-state index contributed by atoms with van der Waals surface area (Å²) >= 11 is 1.57. The second-order valence-corrected chi connectivity index (χ2v) is 9.67. The van der Waals surface area contributed by atoms with Crippen LogP contribution in [-0.4, -0.2) is 19.7 Å². The molecule has 0 bridgehead atoms. The van der Waals surface area contributed by atoms with Crippen LogP contribution in [-0.2, 0) is 6.61 Å². The number of rotatable bonds is 7. The van der Waals surface area contributed by atoms with Gasteiger partial charge in [0.1, 0.15) is 35.2 Å². The molecule has 1 fully saturated rings. The van der Waals surface area contributed by atoms with Gasteiger partial charge in [0, 0.05) is 29.8 Å². The van der Waals surface area contributed by atoms with Crippen molar-refractivity contribution in [1.82, 2.24) is 19.7 Å². The Morgan fingerprint density at radius 1 is 1.00 bits per heavy atom. The molecule has 0 unspecified atom stereocenters. The number of nitrogen functional groups attached to an aromatic ring is 1. The molecule has 7 nitrogen and oxygen atoms in total. The van der Waals surface area contributed by atoms with Gasteiger partial charge in [-0.15, -0.1) is 11.3 Å². The van der Waals surface area contributed by atoms with Gasteiger partial charge in [-0.05, 0) is 55.3 Å². The maximum atomic E-state index is 6.30. The second-order valence-electron chi connectivity index (χ2n) is 8.70. The Kier molecular flexibility index (Phi) is 5.79. The van der Waals surface area contributed by atoms with Crippen LogP contribution in [0.3, 0.4) is 0 Å². The molecule has 35 heavy (non-hydrogen) atoms. The summed E-state index contributed by atoms with van der Waals surface area (Å²) in [5, 5.41) is 6.10. The third-order valence-electron chi connectivity index (χ3n) is 6.38. The monoisotopic (exact) mass is 483 g/mol. The highest BCUT2D eigenvalue weighted by Crippen LogP contribution is 2.38. The van der Waals surface area contributed by atoms with E-state index < -0.39 is 0 Å². The van der Waals surface area contributed by atoms with Crippen molar-refractivity contribution in [3.63, 3.8) is 0 Å². The SMILES string of the molecule is Nc1nccc2c(C3CCCC3)nn(-c3ccc(Oc4cccc(OCc5cncs5)c4)cc3)c12. The Bertz CT molecular complexity index is 1440. The number of thiazole rings is 1. The summed E-state index contributed by atoms with van der Waals surface area (Å²) < 4.78 is 13.9. The smallest absolute Gasteiger partial charge is 0.150 e. The third-order valence-corrected chi connectivity index (χ3v) is 7.13. The fourth-order valence-electron chi connectivity index (χ4n) is 4.69. The van der Waals surface area contributed by atoms with Crippen LogP contribution in [0.15, 0.2) is 72.5 Å². The number of anilines is 1. The zero-order chi connectivity index (χ0) is 23.6. The minimum atomic E-state index is 0.480. The van der Waals surface area contributed by atoms with Gasteiger partial charge in [0.25, 0.3) is 0 Å². The largest absolute Gasteiger partial charge is 0.488 e. The Morgan fingerprint density at radius 2 is 1.83 bits per heavy atom. The highest BCUT2D eigenvalue weighted by molar-refractivity contribution is 7.09. The van der Waals surface area contributed by atoms with E-state index in [1.165, 1.54) is 25.7 Å². The van der Waals surface area contributed by atoms with Gasteiger partial charge >= 0.3 is 0 Å². The number of ether oxygens (including phenoxy) is 2. The molecule has 3 heterocycles. The van der Waals surface area contributed by atoms with Crippen molar-refractivity contribution in [2.45, 2.75) is 38.2 Å². The van der Waals surface area contributed by atoms with Gasteiger partial charge in [0.05, 0.1) is 21.8 Å². The maximum absolute atomic E-state index is 6.30. The van der Waals surface area contributed by atoms with E-state index in [1.54, 1.807) is 23.0 Å². The molecule has 5 aromatic rings. The second kappa shape index (κ2) is 9.38. The summed E-state index contributed by atoms with van der Waals surface area (Å²) in [5.74, 6) is 3.16. The average Bonchev–Trinajstić information content (AvgIpc) is 3.65. The molecule has 0 atom stereocenters. The van der Waals surface area contributed by atoms with Crippen molar-refractivity contribution in [2.24, 2.45) is 0 Å². The average molecular weight is 484 g/mol. The summed E-state index contributed by atoms with van der Waals surface area (Å²) in [6.45, 7) is 0.488. The summed E-state index contributed by atoms with van der Waals surface area (Å²) in [4.78, 5) is 9.47. The first-order chi connectivity index (χ1) is 17.2. The van der Waals surface area contributed by atoms with Crippen LogP contribution >= 0.6 is 11.3 Å². The number of nitrogens with two attached hydrogens (primary N) is 1. The highest BCUT2D eigenvalue weighted by Gasteiger charge is 2.24. The van der Waals surface area contributed by atoms with Crippen molar-refractivity contribution >= 4 is 28.1 Å². The molecule has 0 spiro atoms. The van der Waals surface area contributed by atoms with Gasteiger partial charge in [0.2, 0.25) is 0 Å². The van der Waals surface area contributed by atoms with Gasteiger partial charge in [-0.2, -0.15) is 5.10 Å². The number of nitrogens with zero attached hydrogens (tertiary/aromatic N) is 4. The lowest BCUT2D eigenvalue weighted by atomic mass is 10.0. The Morgan fingerprint density at radius 3 is 2.63 bits per heavy atom. The Balaban J connectivity index is 1.23. The number of hydrogen-bond acceptors (Lipinski definition) is 7. The van der Waals surface area contributed by atoms with Crippen molar-refractivity contribution < 1.29 is 9.47 Å². The van der Waals surface area contributed by atoms with E-state index in [0.717, 1.165) is 38.7 Å². The highest BCUT2D eigenvalue weighted by atomic mass is 32.1. The molecule has 2 N–H and O–H groups in total. The Labute approximate surface area is 207 Å². The maximum Gasteiger partial charge on any atom is 0.150 e. The quantitative estimate of drug-likeness (QED) is 0.285. The molecule has 1 saturated carbocycles. The summed E-state index contributed by atoms with van der Waals surface area (Å²) in [5.41, 5.74) is 11.0. The van der Waals surface area contributed by atoms with Crippen LogP contribution in [0.4, 0.5) is 5.82 Å². The molecular formula is C27H25N5O2S. The molecule has 3 aromatic heterocycles. The number of hydrogen-bond donors (Lipinski definition) is 1. The molecule has 0 saturated heterocycles. The molecule has 0 radical (unpaired) electrons. The standard InChI is InChI=1S/C27H25N5O2S/c28-27-26-24(12-13-30-27)25(18-4-1-2-5-18)31-32(26)19-8-10-20(11-9-19)34-22-7-3-6-21(14-22)33-16-23-15-29-17-35-23/h3,6-15,17-18H,1-2,4-5,16H2,(H2,28,30). The fourth-order valence-corrected chi connectivity index (χ4v) is 5.19. The van der Waals surface area contributed by atoms with Crippen LogP contribution in [0.25, 0.3) is 16.6 Å². The van der Waals surface area contributed by atoms with Crippen molar-refractivity contribution in [1.29, 1.82) is 0 Å². The lowest BCUT2D eigenvalue weighted by Crippen LogP contribution is -2.01. The number of pyridine rings is 1. The van der Waals surface area contributed by atoms with E-state index in [-0.39, 0.29) is 0 Å². The van der Waals surface area contributed by atoms with Gasteiger partial charge in [-0.1, -0.05) is 18.9 Å². The Hall–Kier alpha value is -3.91. The van der Waals surface area contributed by atoms with Gasteiger partial charge in [-0.3, -0.25) is 4.98 Å². The van der Waals surface area contributed by atoms with Gasteiger partial charge in [0.15, 0.2) is 0 Å². The van der Waals surface area contributed by atoms with Crippen LogP contribution in [0.5, 0.6) is 17.2 Å². The lowest BCUT2D eigenvalue weighted by molar-refractivity contribution is 0.308. The van der Waals surface area contributed by atoms with E-state index in [9.17, 15) is 0 Å². The zero-order valence-electron chi connectivity index (χ0n) is 19.1. The first-order valence-electron chi connectivity index (χ1n) is 11.8. The summed E-state index contributed by atoms with van der Waals surface area (Å²) in [7, 11) is 0. The van der Waals surface area contributed by atoms with Crippen LogP contribution in [0.2, 0.25) is 0 Å². The normalized spacial score (nSPS) is 13.9. The number of aromatic nitrogens is 4. The van der Waals surface area contributed by atoms with E-state index in [2.05, 4.69) is 9.97 Å². The molecule has 6 rings (SSSR count). The fraction of sp³-hybridized carbons (Fsp3) is 0.222. The number of fused-ring (bicyclic) bond motifs is 1. The molecule has 176 valence electrons. The molecule has 0 aliphatic heterocycles.